The highest BCUT2D eigenvalue weighted by molar-refractivity contribution is 9.14. The Morgan fingerprint density at radius 2 is 1.19 bits per heavy atom. The van der Waals surface area contributed by atoms with Crippen molar-refractivity contribution < 1.29 is 0 Å². The van der Waals surface area contributed by atoms with E-state index in [1.165, 1.54) is 9.75 Å². The largest absolute Gasteiger partial charge is 0.130 e. The van der Waals surface area contributed by atoms with Crippen molar-refractivity contribution in [1.29, 1.82) is 0 Å². The number of hydrogen-bond acceptors (Lipinski definition) is 2. The summed E-state index contributed by atoms with van der Waals surface area (Å²) in [7, 11) is 0. The van der Waals surface area contributed by atoms with Crippen molar-refractivity contribution in [2.45, 2.75) is 4.83 Å². The molecule has 0 amide bonds. The van der Waals surface area contributed by atoms with Crippen molar-refractivity contribution in [3.63, 3.8) is 0 Å². The van der Waals surface area contributed by atoms with E-state index in [-0.39, 0.29) is 4.83 Å². The summed E-state index contributed by atoms with van der Waals surface area (Å²) in [5.74, 6) is 0. The smallest absolute Gasteiger partial charge is 0.0843 e. The zero-order valence-electron chi connectivity index (χ0n) is 7.44. The number of alkyl halides is 1. The molecule has 0 atom stereocenters. The molecular weight excluding hydrogens is 572 g/mol. The fraction of sp³-hybridized carbons (Fsp3) is 0.111. The lowest BCUT2D eigenvalue weighted by molar-refractivity contribution is 1.28. The zero-order valence-corrected chi connectivity index (χ0v) is 17.0. The summed E-state index contributed by atoms with van der Waals surface area (Å²) in [6.45, 7) is 0. The predicted molar refractivity (Wildman–Crippen MR) is 90.2 cm³/mol. The van der Waals surface area contributed by atoms with Gasteiger partial charge in [-0.05, 0) is 75.9 Å². The first-order valence-corrected chi connectivity index (χ1v) is 9.74. The molecule has 0 saturated heterocycles. The third-order valence-electron chi connectivity index (χ3n) is 1.83. The first kappa shape index (κ1) is 14.2. The number of rotatable bonds is 2. The first-order chi connectivity index (χ1) is 7.49. The van der Waals surface area contributed by atoms with Gasteiger partial charge in [-0.15, -0.1) is 22.7 Å². The van der Waals surface area contributed by atoms with Crippen LogP contribution in [-0.2, 0) is 0 Å². The highest BCUT2D eigenvalue weighted by Crippen LogP contribution is 2.45. The topological polar surface area (TPSA) is 0 Å². The third kappa shape index (κ3) is 3.03. The molecule has 86 valence electrons. The molecule has 0 spiro atoms. The van der Waals surface area contributed by atoms with Crippen molar-refractivity contribution in [2.24, 2.45) is 0 Å². The van der Waals surface area contributed by atoms with Gasteiger partial charge >= 0.3 is 0 Å². The molecule has 0 aliphatic rings. The van der Waals surface area contributed by atoms with Crippen LogP contribution < -0.4 is 0 Å². The van der Waals surface area contributed by atoms with Crippen molar-refractivity contribution in [1.82, 2.24) is 0 Å². The Hall–Kier alpha value is 1.80. The van der Waals surface area contributed by atoms with E-state index in [9.17, 15) is 0 Å². The molecule has 0 bridgehead atoms. The lowest BCUT2D eigenvalue weighted by atomic mass is 10.3. The second-order valence-corrected chi connectivity index (χ2v) is 10.3. The molecule has 0 saturated carbocycles. The first-order valence-electron chi connectivity index (χ1n) is 4.02. The summed E-state index contributed by atoms with van der Waals surface area (Å²) < 4.78 is 4.46. The van der Waals surface area contributed by atoms with Crippen LogP contribution in [0.5, 0.6) is 0 Å². The van der Waals surface area contributed by atoms with Gasteiger partial charge in [0.15, 0.2) is 0 Å². The van der Waals surface area contributed by atoms with Crippen molar-refractivity contribution in [3.05, 3.63) is 38.4 Å². The fourth-order valence-electron chi connectivity index (χ4n) is 1.12. The normalized spacial score (nSPS) is 11.4. The van der Waals surface area contributed by atoms with Gasteiger partial charge in [0.25, 0.3) is 0 Å². The Labute approximate surface area is 143 Å². The quantitative estimate of drug-likeness (QED) is 0.329. The molecule has 7 heteroatoms. The summed E-state index contributed by atoms with van der Waals surface area (Å²) in [6.07, 6.45) is 0. The van der Waals surface area contributed by atoms with E-state index >= 15 is 0 Å². The van der Waals surface area contributed by atoms with Gasteiger partial charge in [0.2, 0.25) is 0 Å². The van der Waals surface area contributed by atoms with E-state index in [4.69, 9.17) is 0 Å². The van der Waals surface area contributed by atoms with Gasteiger partial charge in [-0.3, -0.25) is 0 Å². The Morgan fingerprint density at radius 1 is 0.812 bits per heavy atom. The van der Waals surface area contributed by atoms with Gasteiger partial charge in [-0.1, -0.05) is 15.9 Å². The number of hydrogen-bond donors (Lipinski definition) is 0. The molecule has 0 unspecified atom stereocenters. The number of halogens is 5. The van der Waals surface area contributed by atoms with E-state index in [1.54, 1.807) is 22.7 Å². The Balaban J connectivity index is 2.34. The van der Waals surface area contributed by atoms with Crippen LogP contribution in [0.4, 0.5) is 0 Å². The molecule has 2 aromatic heterocycles. The molecule has 0 radical (unpaired) electrons. The highest BCUT2D eigenvalue weighted by Gasteiger charge is 2.18. The van der Waals surface area contributed by atoms with Gasteiger partial charge in [0.05, 0.1) is 12.4 Å². The van der Waals surface area contributed by atoms with Crippen LogP contribution in [0.1, 0.15) is 14.6 Å². The summed E-state index contributed by atoms with van der Waals surface area (Å²) in [5.41, 5.74) is 0. The average molecular weight is 575 g/mol. The maximum Gasteiger partial charge on any atom is 0.0843 e. The van der Waals surface area contributed by atoms with E-state index in [2.05, 4.69) is 91.8 Å². The van der Waals surface area contributed by atoms with Crippen LogP contribution >= 0.6 is 102 Å². The highest BCUT2D eigenvalue weighted by atomic mass is 79.9. The van der Waals surface area contributed by atoms with E-state index in [0.29, 0.717) is 0 Å². The van der Waals surface area contributed by atoms with Crippen molar-refractivity contribution in [2.75, 3.05) is 0 Å². The summed E-state index contributed by atoms with van der Waals surface area (Å²) >= 11 is 21.2. The van der Waals surface area contributed by atoms with Gasteiger partial charge in [-0.2, -0.15) is 0 Å². The second-order valence-electron chi connectivity index (χ2n) is 2.90. The maximum atomic E-state index is 3.73. The minimum Gasteiger partial charge on any atom is -0.130 e. The van der Waals surface area contributed by atoms with Gasteiger partial charge in [0, 0.05) is 18.7 Å². The molecular formula is C9H3Br5S2. The second kappa shape index (κ2) is 5.84. The zero-order chi connectivity index (χ0) is 11.9. The third-order valence-corrected chi connectivity index (χ3v) is 10.1. The lowest BCUT2D eigenvalue weighted by Gasteiger charge is -2.03. The van der Waals surface area contributed by atoms with Crippen LogP contribution in [0.25, 0.3) is 0 Å². The van der Waals surface area contributed by atoms with Crippen LogP contribution in [0, 0.1) is 0 Å². The van der Waals surface area contributed by atoms with Crippen molar-refractivity contribution in [3.8, 4) is 0 Å². The van der Waals surface area contributed by atoms with Crippen LogP contribution in [0.2, 0.25) is 0 Å². The monoisotopic (exact) mass is 570 g/mol. The van der Waals surface area contributed by atoms with Crippen LogP contribution in [-0.4, -0.2) is 0 Å². The molecule has 0 aliphatic carbocycles. The maximum absolute atomic E-state index is 3.73. The Bertz CT molecular complexity index is 431. The molecule has 0 aromatic carbocycles. The van der Waals surface area contributed by atoms with Gasteiger partial charge < -0.3 is 0 Å². The summed E-state index contributed by atoms with van der Waals surface area (Å²) in [6, 6.07) is 4.27. The van der Waals surface area contributed by atoms with Crippen molar-refractivity contribution >= 4 is 102 Å². The standard InChI is InChI=1S/C9H3Br5S2/c10-3-1-5(15-8(3)13)7(12)6-2-4(11)9(14)16-6/h1-2,7H. The van der Waals surface area contributed by atoms with E-state index in [0.717, 1.165) is 16.5 Å². The molecule has 0 nitrogen and oxygen atoms in total. The fourth-order valence-corrected chi connectivity index (χ4v) is 6.19. The lowest BCUT2D eigenvalue weighted by Crippen LogP contribution is -1.83. The molecule has 2 rings (SSSR count). The van der Waals surface area contributed by atoms with E-state index < -0.39 is 0 Å². The SMILES string of the molecule is Brc1cc(C(Br)c2cc(Br)c(Br)s2)sc1Br. The molecule has 16 heavy (non-hydrogen) atoms. The van der Waals surface area contributed by atoms with E-state index in [1.807, 2.05) is 0 Å². The Morgan fingerprint density at radius 3 is 1.44 bits per heavy atom. The molecule has 0 fully saturated rings. The summed E-state index contributed by atoms with van der Waals surface area (Å²) in [5, 5.41) is 0. The molecule has 2 aromatic rings. The molecule has 0 N–H and O–H groups in total. The summed E-state index contributed by atoms with van der Waals surface area (Å²) in [4.78, 5) is 2.80. The van der Waals surface area contributed by atoms with Gasteiger partial charge in [-0.25, -0.2) is 0 Å². The molecule has 0 aliphatic heterocycles. The predicted octanol–water partition coefficient (Wildman–Crippen LogP) is 7.34. The minimum absolute atomic E-state index is 0.243. The van der Waals surface area contributed by atoms with Crippen LogP contribution in [0.3, 0.4) is 0 Å². The van der Waals surface area contributed by atoms with Gasteiger partial charge in [0.1, 0.15) is 0 Å². The average Bonchev–Trinajstić information content (AvgIpc) is 2.72. The Kier molecular flexibility index (Phi) is 5.19. The number of thiophene rings is 2. The van der Waals surface area contributed by atoms with Crippen LogP contribution in [0.15, 0.2) is 28.7 Å². The minimum atomic E-state index is 0.243. The molecule has 2 heterocycles.